The number of ether oxygens (including phenoxy) is 1. The predicted octanol–water partition coefficient (Wildman–Crippen LogP) is 3.20. The minimum absolute atomic E-state index is 0.0387. The Hall–Kier alpha value is -3.25. The minimum Gasteiger partial charge on any atom is -0.468 e. The van der Waals surface area contributed by atoms with Gasteiger partial charge in [-0.3, -0.25) is 0 Å². The Bertz CT molecular complexity index is 997. The van der Waals surface area contributed by atoms with E-state index in [0.717, 1.165) is 12.6 Å². The summed E-state index contributed by atoms with van der Waals surface area (Å²) in [6.45, 7) is 0.720. The summed E-state index contributed by atoms with van der Waals surface area (Å²) in [4.78, 5) is 16.7. The molecular formula is C20H22F5N7O. The van der Waals surface area contributed by atoms with Gasteiger partial charge in [-0.05, 0) is 12.5 Å². The smallest absolute Gasteiger partial charge is 0.422 e. The number of rotatable bonds is 8. The van der Waals surface area contributed by atoms with E-state index in [1.165, 1.54) is 12.3 Å². The highest BCUT2D eigenvalue weighted by molar-refractivity contribution is 5.81. The van der Waals surface area contributed by atoms with Gasteiger partial charge in [0.05, 0.1) is 12.7 Å². The summed E-state index contributed by atoms with van der Waals surface area (Å²) in [5.41, 5.74) is 0.144. The summed E-state index contributed by atoms with van der Waals surface area (Å²) in [5.74, 6) is 1.14. The Morgan fingerprint density at radius 1 is 1.15 bits per heavy atom. The normalized spacial score (nSPS) is 17.4. The summed E-state index contributed by atoms with van der Waals surface area (Å²) in [7, 11) is 0. The molecule has 1 spiro atoms. The van der Waals surface area contributed by atoms with E-state index >= 15 is 0 Å². The number of nitrogens with one attached hydrogen (secondary N) is 2. The second-order valence-electron chi connectivity index (χ2n) is 8.14. The van der Waals surface area contributed by atoms with E-state index in [-0.39, 0.29) is 22.8 Å². The summed E-state index contributed by atoms with van der Waals surface area (Å²) in [5, 5.41) is 9.91. The van der Waals surface area contributed by atoms with Crippen LogP contribution < -0.4 is 19.9 Å². The minimum atomic E-state index is -4.43. The molecule has 0 saturated carbocycles. The van der Waals surface area contributed by atoms with Gasteiger partial charge in [-0.2, -0.15) is 18.2 Å². The molecule has 0 radical (unpaired) electrons. The van der Waals surface area contributed by atoms with Gasteiger partial charge in [0.25, 0.3) is 6.43 Å². The molecule has 13 heteroatoms. The van der Waals surface area contributed by atoms with E-state index in [1.54, 1.807) is 12.1 Å². The van der Waals surface area contributed by atoms with Crippen molar-refractivity contribution in [2.45, 2.75) is 19.0 Å². The van der Waals surface area contributed by atoms with Gasteiger partial charge >= 0.3 is 6.18 Å². The summed E-state index contributed by atoms with van der Waals surface area (Å²) < 4.78 is 67.0. The highest BCUT2D eigenvalue weighted by Crippen LogP contribution is 2.42. The van der Waals surface area contributed by atoms with Crippen LogP contribution in [0.3, 0.4) is 0 Å². The predicted molar refractivity (Wildman–Crippen MR) is 112 cm³/mol. The molecule has 4 rings (SSSR count). The van der Waals surface area contributed by atoms with Gasteiger partial charge in [0, 0.05) is 43.9 Å². The molecule has 2 aromatic rings. The van der Waals surface area contributed by atoms with Gasteiger partial charge in [0.1, 0.15) is 17.3 Å². The number of alkyl halides is 5. The Kier molecular flexibility index (Phi) is 6.21. The van der Waals surface area contributed by atoms with Crippen LogP contribution in [0.15, 0.2) is 24.4 Å². The fraction of sp³-hybridized carbons (Fsp3) is 0.500. The zero-order chi connectivity index (χ0) is 23.6. The first-order chi connectivity index (χ1) is 15.7. The van der Waals surface area contributed by atoms with E-state index < -0.39 is 25.8 Å². The molecule has 0 unspecified atom stereocenters. The van der Waals surface area contributed by atoms with Crippen LogP contribution in [-0.4, -0.2) is 73.1 Å². The molecule has 2 saturated heterocycles. The van der Waals surface area contributed by atoms with Crippen LogP contribution in [0.2, 0.25) is 0 Å². The van der Waals surface area contributed by atoms with Crippen molar-refractivity contribution >= 4 is 23.7 Å². The highest BCUT2D eigenvalue weighted by atomic mass is 19.4. The summed E-state index contributed by atoms with van der Waals surface area (Å²) in [6.07, 6.45) is -3.65. The standard InChI is InChI=1S/C20H22F5N7O/c21-14(22)7-28-18-13(6-26)27-8-16(30-18)31-5-4-19(9-31)10-32(11-19)15-2-1-3-17(29-15)33-12-20(23,24)25/h1-3,6,8,14,26H,4-5,7,9-12H2,(H,28,30). The lowest BCUT2D eigenvalue weighted by atomic mass is 9.79. The van der Waals surface area contributed by atoms with Crippen LogP contribution in [-0.2, 0) is 0 Å². The number of halogens is 5. The van der Waals surface area contributed by atoms with Crippen LogP contribution in [0, 0.1) is 10.8 Å². The van der Waals surface area contributed by atoms with E-state index in [2.05, 4.69) is 20.3 Å². The largest absolute Gasteiger partial charge is 0.468 e. The molecule has 0 aliphatic carbocycles. The van der Waals surface area contributed by atoms with Gasteiger partial charge in [-0.15, -0.1) is 0 Å². The van der Waals surface area contributed by atoms with Crippen LogP contribution in [0.1, 0.15) is 12.1 Å². The van der Waals surface area contributed by atoms with Gasteiger partial charge < -0.3 is 25.3 Å². The van der Waals surface area contributed by atoms with Crippen molar-refractivity contribution in [1.29, 1.82) is 5.41 Å². The number of aromatic nitrogens is 3. The third kappa shape index (κ3) is 5.40. The zero-order valence-corrected chi connectivity index (χ0v) is 17.4. The maximum atomic E-state index is 12.6. The number of hydrogen-bond donors (Lipinski definition) is 2. The molecule has 0 bridgehead atoms. The second kappa shape index (κ2) is 8.94. The summed E-state index contributed by atoms with van der Waals surface area (Å²) >= 11 is 0. The van der Waals surface area contributed by atoms with E-state index in [1.807, 2.05) is 9.80 Å². The van der Waals surface area contributed by atoms with E-state index in [4.69, 9.17) is 10.1 Å². The number of pyridine rings is 1. The zero-order valence-electron chi connectivity index (χ0n) is 17.4. The average molecular weight is 471 g/mol. The molecule has 2 aliphatic heterocycles. The monoisotopic (exact) mass is 471 g/mol. The second-order valence-corrected chi connectivity index (χ2v) is 8.14. The van der Waals surface area contributed by atoms with Gasteiger partial charge in [-0.25, -0.2) is 18.7 Å². The van der Waals surface area contributed by atoms with Crippen molar-refractivity contribution in [2.75, 3.05) is 54.4 Å². The lowest BCUT2D eigenvalue weighted by molar-refractivity contribution is -0.154. The van der Waals surface area contributed by atoms with Crippen LogP contribution in [0.4, 0.5) is 39.4 Å². The molecule has 2 aliphatic rings. The van der Waals surface area contributed by atoms with Crippen molar-refractivity contribution in [3.05, 3.63) is 30.1 Å². The maximum absolute atomic E-state index is 12.6. The van der Waals surface area contributed by atoms with E-state index in [0.29, 0.717) is 37.8 Å². The van der Waals surface area contributed by atoms with Gasteiger partial charge in [0.2, 0.25) is 5.88 Å². The third-order valence-corrected chi connectivity index (χ3v) is 5.58. The molecule has 2 N–H and O–H groups in total. The van der Waals surface area contributed by atoms with Crippen molar-refractivity contribution < 1.29 is 26.7 Å². The van der Waals surface area contributed by atoms with Crippen LogP contribution in [0.5, 0.6) is 5.88 Å². The lowest BCUT2D eigenvalue weighted by Crippen LogP contribution is -2.58. The number of hydrogen-bond acceptors (Lipinski definition) is 8. The first kappa shape index (κ1) is 22.9. The first-order valence-corrected chi connectivity index (χ1v) is 10.2. The molecule has 2 aromatic heterocycles. The molecular weight excluding hydrogens is 449 g/mol. The van der Waals surface area contributed by atoms with Crippen LogP contribution in [0.25, 0.3) is 0 Å². The molecule has 4 heterocycles. The SMILES string of the molecule is N=Cc1ncc(N2CCC3(CN(c4cccc(OCC(F)(F)F)n4)C3)C2)nc1NCC(F)F. The average Bonchev–Trinajstić information content (AvgIpc) is 3.21. The van der Waals surface area contributed by atoms with Gasteiger partial charge in [0.15, 0.2) is 12.4 Å². The number of nitrogens with zero attached hydrogens (tertiary/aromatic N) is 5. The maximum Gasteiger partial charge on any atom is 0.422 e. The van der Waals surface area contributed by atoms with Crippen LogP contribution >= 0.6 is 0 Å². The quantitative estimate of drug-likeness (QED) is 0.451. The first-order valence-electron chi connectivity index (χ1n) is 10.2. The molecule has 0 aromatic carbocycles. The fourth-order valence-electron chi connectivity index (χ4n) is 4.08. The Morgan fingerprint density at radius 3 is 2.61 bits per heavy atom. The highest BCUT2D eigenvalue weighted by Gasteiger charge is 2.48. The van der Waals surface area contributed by atoms with Crippen molar-refractivity contribution in [1.82, 2.24) is 15.0 Å². The van der Waals surface area contributed by atoms with Crippen molar-refractivity contribution in [2.24, 2.45) is 5.41 Å². The number of anilines is 3. The lowest BCUT2D eigenvalue weighted by Gasteiger charge is -2.48. The molecule has 2 fully saturated rings. The molecule has 33 heavy (non-hydrogen) atoms. The Balaban J connectivity index is 1.38. The fourth-order valence-corrected chi connectivity index (χ4v) is 4.08. The third-order valence-electron chi connectivity index (χ3n) is 5.58. The van der Waals surface area contributed by atoms with E-state index in [9.17, 15) is 22.0 Å². The molecule has 0 amide bonds. The van der Waals surface area contributed by atoms with Crippen molar-refractivity contribution in [3.8, 4) is 5.88 Å². The Labute approximate surface area is 186 Å². The molecule has 0 atom stereocenters. The Morgan fingerprint density at radius 2 is 1.91 bits per heavy atom. The van der Waals surface area contributed by atoms with Crippen molar-refractivity contribution in [3.63, 3.8) is 0 Å². The molecule has 8 nitrogen and oxygen atoms in total. The van der Waals surface area contributed by atoms with Gasteiger partial charge in [-0.1, -0.05) is 6.07 Å². The summed E-state index contributed by atoms with van der Waals surface area (Å²) in [6, 6.07) is 4.72. The topological polar surface area (TPSA) is 90.3 Å². The molecule has 178 valence electrons.